The molecule has 1 heterocycles. The summed E-state index contributed by atoms with van der Waals surface area (Å²) in [5.74, 6) is -0.213. The third kappa shape index (κ3) is 2.76. The van der Waals surface area contributed by atoms with E-state index >= 15 is 0 Å². The van der Waals surface area contributed by atoms with Gasteiger partial charge in [0, 0.05) is 18.6 Å². The molecule has 18 heavy (non-hydrogen) atoms. The van der Waals surface area contributed by atoms with E-state index in [-0.39, 0.29) is 11.8 Å². The van der Waals surface area contributed by atoms with Crippen molar-refractivity contribution in [2.24, 2.45) is 12.0 Å². The summed E-state index contributed by atoms with van der Waals surface area (Å²) in [4.78, 5) is 17.2. The predicted molar refractivity (Wildman–Crippen MR) is 73.3 cm³/mol. The largest absolute Gasteiger partial charge is 0.327 e. The van der Waals surface area contributed by atoms with E-state index in [1.165, 1.54) is 11.3 Å². The Morgan fingerprint density at radius 3 is 2.67 bits per heavy atom. The monoisotopic (exact) mass is 260 g/mol. The maximum absolute atomic E-state index is 12.2. The first-order valence-corrected chi connectivity index (χ1v) is 6.84. The number of aryl methyl sites for hydroxylation is 1. The smallest absolute Gasteiger partial charge is 0.255 e. The Labute approximate surface area is 110 Å². The predicted octanol–water partition coefficient (Wildman–Crippen LogP) is 2.71. The van der Waals surface area contributed by atoms with Gasteiger partial charge in [0.15, 0.2) is 4.80 Å². The zero-order valence-corrected chi connectivity index (χ0v) is 11.4. The molecular weight excluding hydrogens is 244 g/mol. The molecular formula is C14H16N2OS. The van der Waals surface area contributed by atoms with Crippen LogP contribution < -0.4 is 4.80 Å². The molecule has 0 fully saturated rings. The molecule has 1 aromatic carbocycles. The molecule has 0 spiro atoms. The fourth-order valence-electron chi connectivity index (χ4n) is 1.85. The Bertz CT molecular complexity index is 583. The van der Waals surface area contributed by atoms with E-state index in [9.17, 15) is 4.79 Å². The lowest BCUT2D eigenvalue weighted by Gasteiger charge is -2.10. The molecule has 94 valence electrons. The molecule has 0 saturated heterocycles. The fraction of sp³-hybridized carbons (Fsp3) is 0.286. The van der Waals surface area contributed by atoms with Crippen molar-refractivity contribution >= 4 is 17.2 Å². The Morgan fingerprint density at radius 2 is 2.11 bits per heavy atom. The van der Waals surface area contributed by atoms with Crippen LogP contribution in [0.1, 0.15) is 24.8 Å². The third-order valence-corrected chi connectivity index (χ3v) is 3.72. The molecule has 2 aromatic rings. The summed E-state index contributed by atoms with van der Waals surface area (Å²) in [7, 11) is 1.89. The van der Waals surface area contributed by atoms with Gasteiger partial charge >= 0.3 is 0 Å². The summed E-state index contributed by atoms with van der Waals surface area (Å²) >= 11 is 1.48. The van der Waals surface area contributed by atoms with Crippen molar-refractivity contribution < 1.29 is 4.79 Å². The molecule has 4 heteroatoms. The maximum atomic E-state index is 12.2. The highest BCUT2D eigenvalue weighted by Gasteiger charge is 2.17. The van der Waals surface area contributed by atoms with Crippen molar-refractivity contribution in [1.82, 2.24) is 4.57 Å². The van der Waals surface area contributed by atoms with Gasteiger partial charge in [0.2, 0.25) is 0 Å². The third-order valence-electron chi connectivity index (χ3n) is 2.87. The molecule has 0 radical (unpaired) electrons. The van der Waals surface area contributed by atoms with Gasteiger partial charge in [0.25, 0.3) is 5.91 Å². The molecule has 0 N–H and O–H groups in total. The highest BCUT2D eigenvalue weighted by Crippen LogP contribution is 2.20. The van der Waals surface area contributed by atoms with Crippen LogP contribution in [0.4, 0.5) is 0 Å². The highest BCUT2D eigenvalue weighted by atomic mass is 32.1. The number of hydrogen-bond donors (Lipinski definition) is 0. The molecule has 1 atom stereocenters. The average molecular weight is 260 g/mol. The number of thiazole rings is 1. The van der Waals surface area contributed by atoms with Crippen LogP contribution in [0, 0.1) is 0 Å². The average Bonchev–Trinajstić information content (AvgIpc) is 2.77. The molecule has 0 aliphatic rings. The quantitative estimate of drug-likeness (QED) is 0.835. The van der Waals surface area contributed by atoms with Crippen LogP contribution in [0.2, 0.25) is 0 Å². The van der Waals surface area contributed by atoms with E-state index in [0.717, 1.165) is 16.8 Å². The first kappa shape index (κ1) is 12.8. The van der Waals surface area contributed by atoms with E-state index in [1.54, 1.807) is 0 Å². The summed E-state index contributed by atoms with van der Waals surface area (Å²) in [5, 5.41) is 1.93. The molecule has 3 nitrogen and oxygen atoms in total. The van der Waals surface area contributed by atoms with Gasteiger partial charge < -0.3 is 4.57 Å². The molecule has 0 aliphatic carbocycles. The van der Waals surface area contributed by atoms with Crippen molar-refractivity contribution in [3.05, 3.63) is 52.3 Å². The number of hydrogen-bond acceptors (Lipinski definition) is 2. The van der Waals surface area contributed by atoms with Gasteiger partial charge in [0.1, 0.15) is 0 Å². The van der Waals surface area contributed by atoms with Crippen molar-refractivity contribution in [1.29, 1.82) is 0 Å². The highest BCUT2D eigenvalue weighted by molar-refractivity contribution is 7.07. The van der Waals surface area contributed by atoms with Crippen molar-refractivity contribution in [3.63, 3.8) is 0 Å². The number of nitrogens with zero attached hydrogens (tertiary/aromatic N) is 2. The van der Waals surface area contributed by atoms with Gasteiger partial charge in [0.05, 0.1) is 5.92 Å². The van der Waals surface area contributed by atoms with E-state index in [2.05, 4.69) is 4.99 Å². The topological polar surface area (TPSA) is 34.4 Å². The van der Waals surface area contributed by atoms with Gasteiger partial charge in [-0.1, -0.05) is 37.3 Å². The lowest BCUT2D eigenvalue weighted by Crippen LogP contribution is -2.17. The van der Waals surface area contributed by atoms with E-state index in [4.69, 9.17) is 0 Å². The lowest BCUT2D eigenvalue weighted by atomic mass is 9.96. The number of aromatic nitrogens is 1. The Kier molecular flexibility index (Phi) is 4.10. The molecule has 0 saturated carbocycles. The summed E-state index contributed by atoms with van der Waals surface area (Å²) in [5.41, 5.74) is 1.04. The molecule has 0 bridgehead atoms. The van der Waals surface area contributed by atoms with E-state index in [1.807, 2.05) is 60.4 Å². The van der Waals surface area contributed by atoms with Gasteiger partial charge in [-0.15, -0.1) is 11.3 Å². The van der Waals surface area contributed by atoms with Crippen LogP contribution in [0.5, 0.6) is 0 Å². The van der Waals surface area contributed by atoms with Gasteiger partial charge in [-0.25, -0.2) is 0 Å². The second kappa shape index (κ2) is 5.78. The summed E-state index contributed by atoms with van der Waals surface area (Å²) in [6.07, 6.45) is 2.67. The number of rotatable bonds is 3. The summed E-state index contributed by atoms with van der Waals surface area (Å²) < 4.78 is 1.86. The first-order chi connectivity index (χ1) is 8.72. The van der Waals surface area contributed by atoms with Gasteiger partial charge in [-0.2, -0.15) is 4.99 Å². The SMILES string of the molecule is CCC(C(=O)N=c1sccn1C)c1ccccc1. The van der Waals surface area contributed by atoms with Gasteiger partial charge in [-0.05, 0) is 12.0 Å². The first-order valence-electron chi connectivity index (χ1n) is 5.96. The molecule has 1 aromatic heterocycles. The maximum Gasteiger partial charge on any atom is 0.255 e. The minimum atomic E-state index is -0.145. The Morgan fingerprint density at radius 1 is 1.39 bits per heavy atom. The number of amides is 1. The number of carbonyl (C=O) groups excluding carboxylic acids is 1. The van der Waals surface area contributed by atoms with Crippen LogP contribution in [0.3, 0.4) is 0 Å². The van der Waals surface area contributed by atoms with Crippen LogP contribution in [-0.2, 0) is 11.8 Å². The summed E-state index contributed by atoms with van der Waals surface area (Å²) in [6, 6.07) is 9.83. The normalized spacial score (nSPS) is 13.6. The van der Waals surface area contributed by atoms with Crippen molar-refractivity contribution in [2.75, 3.05) is 0 Å². The lowest BCUT2D eigenvalue weighted by molar-refractivity contribution is -0.119. The molecule has 1 amide bonds. The molecule has 2 rings (SSSR count). The second-order valence-electron chi connectivity index (χ2n) is 4.12. The van der Waals surface area contributed by atoms with Crippen LogP contribution in [0.15, 0.2) is 46.9 Å². The minimum absolute atomic E-state index is 0.0678. The minimum Gasteiger partial charge on any atom is -0.327 e. The van der Waals surface area contributed by atoms with Crippen molar-refractivity contribution in [2.45, 2.75) is 19.3 Å². The number of benzene rings is 1. The number of carbonyl (C=O) groups is 1. The van der Waals surface area contributed by atoms with Crippen LogP contribution in [-0.4, -0.2) is 10.5 Å². The van der Waals surface area contributed by atoms with Crippen LogP contribution >= 0.6 is 11.3 Å². The standard InChI is InChI=1S/C14H16N2OS/c1-3-12(11-7-5-4-6-8-11)13(17)15-14-16(2)9-10-18-14/h4-10,12H,3H2,1-2H3. The zero-order valence-electron chi connectivity index (χ0n) is 10.5. The van der Waals surface area contributed by atoms with E-state index in [0.29, 0.717) is 0 Å². The van der Waals surface area contributed by atoms with E-state index < -0.39 is 0 Å². The Balaban J connectivity index is 2.30. The Hall–Kier alpha value is -1.68. The molecule has 1 unspecified atom stereocenters. The zero-order chi connectivity index (χ0) is 13.0. The molecule has 0 aliphatic heterocycles. The fourth-order valence-corrected chi connectivity index (χ4v) is 2.58. The van der Waals surface area contributed by atoms with Gasteiger partial charge in [-0.3, -0.25) is 4.79 Å². The summed E-state index contributed by atoms with van der Waals surface area (Å²) in [6.45, 7) is 2.01. The second-order valence-corrected chi connectivity index (χ2v) is 4.99. The van der Waals surface area contributed by atoms with Crippen LogP contribution in [0.25, 0.3) is 0 Å². The van der Waals surface area contributed by atoms with Crippen molar-refractivity contribution in [3.8, 4) is 0 Å².